The zero-order valence-corrected chi connectivity index (χ0v) is 14.2. The predicted molar refractivity (Wildman–Crippen MR) is 92.9 cm³/mol. The van der Waals surface area contributed by atoms with E-state index in [0.717, 1.165) is 11.5 Å². The maximum Gasteiger partial charge on any atom is 0.317 e. The molecule has 0 fully saturated rings. The number of ether oxygens (including phenoxy) is 2. The average Bonchev–Trinajstić information content (AvgIpc) is 2.93. The maximum atomic E-state index is 5.79. The van der Waals surface area contributed by atoms with Crippen LogP contribution in [0.1, 0.15) is 25.5 Å². The lowest BCUT2D eigenvalue weighted by atomic mass is 9.81. The Morgan fingerprint density at radius 3 is 2.78 bits per heavy atom. The third-order valence-corrected chi connectivity index (χ3v) is 4.63. The maximum absolute atomic E-state index is 5.79. The number of rotatable bonds is 3. The normalized spacial score (nSPS) is 27.3. The lowest BCUT2D eigenvalue weighted by molar-refractivity contribution is 0.164. The number of aliphatic imine (C=N–C) groups is 2. The molecular formula is C16H20N4O2S. The summed E-state index contributed by atoms with van der Waals surface area (Å²) in [5, 5.41) is 2.62. The fourth-order valence-corrected chi connectivity index (χ4v) is 3.44. The van der Waals surface area contributed by atoms with Gasteiger partial charge in [0.05, 0.1) is 12.2 Å². The first-order chi connectivity index (χ1) is 11.1. The standard InChI is InChI=1S/C16H20N4O2S/c1-9-4-11(22-16-18-6-12(21-3)7-19-16)5-10(2)14(9)13-8-23-15(17)20-13/h4-6,8-9,12,14H,7H2,1-3H3,(H2,17,20). The third-order valence-electron chi connectivity index (χ3n) is 3.94. The Labute approximate surface area is 139 Å². The fourth-order valence-electron chi connectivity index (χ4n) is 2.84. The van der Waals surface area contributed by atoms with Gasteiger partial charge in [-0.05, 0) is 25.0 Å². The number of nitrogen functional groups attached to an aromatic ring is 1. The van der Waals surface area contributed by atoms with Crippen LogP contribution in [0, 0.1) is 5.92 Å². The summed E-state index contributed by atoms with van der Waals surface area (Å²) in [6, 6.07) is 0.372. The summed E-state index contributed by atoms with van der Waals surface area (Å²) in [4.78, 5) is 12.9. The van der Waals surface area contributed by atoms with Crippen LogP contribution in [0.25, 0.3) is 0 Å². The SMILES string of the molecule is COC1C=NC(OC2=CC(C)C(c3csc(N)n3)C(C)=C2)=NC1. The van der Waals surface area contributed by atoms with Gasteiger partial charge in [-0.1, -0.05) is 12.5 Å². The Kier molecular flexibility index (Phi) is 4.58. The van der Waals surface area contributed by atoms with Crippen LogP contribution >= 0.6 is 11.3 Å². The molecular weight excluding hydrogens is 312 g/mol. The molecule has 2 heterocycles. The number of thiazole rings is 1. The first-order valence-corrected chi connectivity index (χ1v) is 8.35. The Balaban J connectivity index is 1.72. The molecule has 122 valence electrons. The molecule has 2 N–H and O–H groups in total. The summed E-state index contributed by atoms with van der Waals surface area (Å²) in [5.41, 5.74) is 7.96. The first kappa shape index (κ1) is 15.9. The van der Waals surface area contributed by atoms with Crippen LogP contribution in [0.2, 0.25) is 0 Å². The van der Waals surface area contributed by atoms with E-state index >= 15 is 0 Å². The van der Waals surface area contributed by atoms with Crippen LogP contribution in [0.3, 0.4) is 0 Å². The molecule has 1 aliphatic heterocycles. The second-order valence-corrected chi connectivity index (χ2v) is 6.57. The topological polar surface area (TPSA) is 82.1 Å². The highest BCUT2D eigenvalue weighted by Gasteiger charge is 2.27. The van der Waals surface area contributed by atoms with Crippen LogP contribution in [0.15, 0.2) is 38.8 Å². The monoisotopic (exact) mass is 332 g/mol. The molecule has 1 aliphatic carbocycles. The van der Waals surface area contributed by atoms with Crippen molar-refractivity contribution >= 4 is 28.7 Å². The van der Waals surface area contributed by atoms with Crippen molar-refractivity contribution in [2.45, 2.75) is 25.9 Å². The molecule has 0 amide bonds. The highest BCUT2D eigenvalue weighted by atomic mass is 32.1. The van der Waals surface area contributed by atoms with Crippen LogP contribution in [-0.4, -0.2) is 37.0 Å². The van der Waals surface area contributed by atoms with Gasteiger partial charge in [0.25, 0.3) is 0 Å². The first-order valence-electron chi connectivity index (χ1n) is 7.47. The average molecular weight is 332 g/mol. The minimum Gasteiger partial charge on any atom is -0.425 e. The van der Waals surface area contributed by atoms with Gasteiger partial charge < -0.3 is 15.2 Å². The van der Waals surface area contributed by atoms with Gasteiger partial charge in [0.1, 0.15) is 11.9 Å². The number of anilines is 1. The number of aromatic nitrogens is 1. The third kappa shape index (κ3) is 3.51. The lowest BCUT2D eigenvalue weighted by Gasteiger charge is -2.26. The molecule has 0 saturated heterocycles. The van der Waals surface area contributed by atoms with Crippen molar-refractivity contribution in [1.82, 2.24) is 4.98 Å². The highest BCUT2D eigenvalue weighted by molar-refractivity contribution is 7.13. The molecule has 0 aromatic carbocycles. The number of nitrogens with zero attached hydrogens (tertiary/aromatic N) is 3. The van der Waals surface area contributed by atoms with Crippen molar-refractivity contribution in [2.24, 2.45) is 15.9 Å². The van der Waals surface area contributed by atoms with Crippen molar-refractivity contribution in [3.63, 3.8) is 0 Å². The number of methoxy groups -OCH3 is 1. The molecule has 6 nitrogen and oxygen atoms in total. The van der Waals surface area contributed by atoms with E-state index in [4.69, 9.17) is 15.2 Å². The molecule has 0 spiro atoms. The van der Waals surface area contributed by atoms with Gasteiger partial charge in [0, 0.05) is 24.6 Å². The number of amidine groups is 1. The van der Waals surface area contributed by atoms with Crippen LogP contribution < -0.4 is 5.73 Å². The van der Waals surface area contributed by atoms with Gasteiger partial charge in [-0.25, -0.2) is 15.0 Å². The van der Waals surface area contributed by atoms with E-state index < -0.39 is 0 Å². The molecule has 0 saturated carbocycles. The summed E-state index contributed by atoms with van der Waals surface area (Å²) in [5.74, 6) is 1.25. The second-order valence-electron chi connectivity index (χ2n) is 5.68. The van der Waals surface area contributed by atoms with Crippen molar-refractivity contribution in [1.29, 1.82) is 0 Å². The van der Waals surface area contributed by atoms with Crippen LogP contribution in [-0.2, 0) is 9.47 Å². The number of nitrogens with two attached hydrogens (primary N) is 1. The molecule has 1 aromatic heterocycles. The van der Waals surface area contributed by atoms with Crippen molar-refractivity contribution < 1.29 is 9.47 Å². The fraction of sp³-hybridized carbons (Fsp3) is 0.438. The molecule has 0 bridgehead atoms. The molecule has 3 atom stereocenters. The highest BCUT2D eigenvalue weighted by Crippen LogP contribution is 2.38. The predicted octanol–water partition coefficient (Wildman–Crippen LogP) is 2.76. The summed E-state index contributed by atoms with van der Waals surface area (Å²) >= 11 is 1.47. The van der Waals surface area contributed by atoms with E-state index in [1.165, 1.54) is 16.9 Å². The van der Waals surface area contributed by atoms with Crippen LogP contribution in [0.4, 0.5) is 5.13 Å². The minimum absolute atomic E-state index is 0.0709. The quantitative estimate of drug-likeness (QED) is 0.922. The van der Waals surface area contributed by atoms with E-state index in [-0.39, 0.29) is 17.9 Å². The van der Waals surface area contributed by atoms with Gasteiger partial charge in [0.2, 0.25) is 0 Å². The zero-order valence-electron chi connectivity index (χ0n) is 13.4. The summed E-state index contributed by atoms with van der Waals surface area (Å²) in [6.45, 7) is 4.76. The van der Waals surface area contributed by atoms with E-state index in [1.807, 2.05) is 11.5 Å². The van der Waals surface area contributed by atoms with Gasteiger partial charge in [0.15, 0.2) is 5.13 Å². The van der Waals surface area contributed by atoms with Gasteiger partial charge in [-0.2, -0.15) is 0 Å². The second kappa shape index (κ2) is 6.64. The molecule has 3 unspecified atom stereocenters. The molecule has 23 heavy (non-hydrogen) atoms. The van der Waals surface area contributed by atoms with Gasteiger partial charge >= 0.3 is 6.02 Å². The summed E-state index contributed by atoms with van der Waals surface area (Å²) in [6.07, 6.45) is 5.74. The Morgan fingerprint density at radius 2 is 2.22 bits per heavy atom. The largest absolute Gasteiger partial charge is 0.425 e. The number of hydrogen-bond acceptors (Lipinski definition) is 7. The minimum atomic E-state index is -0.0709. The van der Waals surface area contributed by atoms with E-state index in [0.29, 0.717) is 17.7 Å². The van der Waals surface area contributed by atoms with Gasteiger partial charge in [-0.15, -0.1) is 11.3 Å². The summed E-state index contributed by atoms with van der Waals surface area (Å²) < 4.78 is 11.0. The zero-order chi connectivity index (χ0) is 16.4. The summed E-state index contributed by atoms with van der Waals surface area (Å²) in [7, 11) is 1.64. The Hall–Kier alpha value is -1.99. The van der Waals surface area contributed by atoms with Gasteiger partial charge in [-0.3, -0.25) is 0 Å². The molecule has 3 rings (SSSR count). The molecule has 0 radical (unpaired) electrons. The molecule has 2 aliphatic rings. The molecule has 1 aromatic rings. The van der Waals surface area contributed by atoms with Crippen molar-refractivity contribution in [2.75, 3.05) is 19.4 Å². The smallest absolute Gasteiger partial charge is 0.317 e. The van der Waals surface area contributed by atoms with Crippen LogP contribution in [0.5, 0.6) is 0 Å². The Morgan fingerprint density at radius 1 is 1.39 bits per heavy atom. The lowest BCUT2D eigenvalue weighted by Crippen LogP contribution is -2.23. The number of hydrogen-bond donors (Lipinski definition) is 1. The van der Waals surface area contributed by atoms with Crippen molar-refractivity contribution in [3.05, 3.63) is 34.6 Å². The Bertz CT molecular complexity index is 705. The van der Waals surface area contributed by atoms with Crippen molar-refractivity contribution in [3.8, 4) is 0 Å². The van der Waals surface area contributed by atoms with E-state index in [9.17, 15) is 0 Å². The van der Waals surface area contributed by atoms with E-state index in [2.05, 4.69) is 34.9 Å². The molecule has 7 heteroatoms. The van der Waals surface area contributed by atoms with E-state index in [1.54, 1.807) is 13.3 Å². The number of allylic oxidation sites excluding steroid dienone is 3.